The second-order valence-corrected chi connectivity index (χ2v) is 8.19. The number of nitrogens with zero attached hydrogens (tertiary/aromatic N) is 3. The highest BCUT2D eigenvalue weighted by molar-refractivity contribution is 7.15. The topological polar surface area (TPSA) is 73.1 Å². The Labute approximate surface area is 179 Å². The lowest BCUT2D eigenvalue weighted by atomic mass is 10.2. The molecule has 3 aromatic rings. The predicted octanol–water partition coefficient (Wildman–Crippen LogP) is 3.18. The average molecular weight is 428 g/mol. The summed E-state index contributed by atoms with van der Waals surface area (Å²) in [5, 5.41) is 1.97. The van der Waals surface area contributed by atoms with Crippen LogP contribution < -0.4 is 0 Å². The molecule has 2 aromatic heterocycles. The Morgan fingerprint density at radius 2 is 2.17 bits per heavy atom. The summed E-state index contributed by atoms with van der Waals surface area (Å²) >= 11 is 1.52. The quantitative estimate of drug-likeness (QED) is 0.516. The maximum atomic E-state index is 13.1. The van der Waals surface area contributed by atoms with Gasteiger partial charge in [-0.25, -0.2) is 4.98 Å². The Kier molecular flexibility index (Phi) is 6.44. The van der Waals surface area contributed by atoms with Crippen LogP contribution in [0.15, 0.2) is 41.9 Å². The number of ether oxygens (including phenoxy) is 2. The average Bonchev–Trinajstić information content (AvgIpc) is 3.50. The highest BCUT2D eigenvalue weighted by Gasteiger charge is 2.24. The summed E-state index contributed by atoms with van der Waals surface area (Å²) in [4.78, 5) is 32.0. The van der Waals surface area contributed by atoms with Crippen LogP contribution in [0.3, 0.4) is 0 Å². The Morgan fingerprint density at radius 3 is 2.90 bits per heavy atom. The zero-order valence-electron chi connectivity index (χ0n) is 17.0. The molecule has 1 aromatic carbocycles. The number of esters is 1. The van der Waals surface area contributed by atoms with Crippen molar-refractivity contribution < 1.29 is 19.1 Å². The number of hydrogen-bond donors (Lipinski definition) is 0. The fourth-order valence-corrected chi connectivity index (χ4v) is 4.52. The molecule has 1 saturated heterocycles. The summed E-state index contributed by atoms with van der Waals surface area (Å²) in [7, 11) is 1.36. The Morgan fingerprint density at radius 1 is 1.33 bits per heavy atom. The summed E-state index contributed by atoms with van der Waals surface area (Å²) in [5.41, 5.74) is 2.83. The first-order valence-electron chi connectivity index (χ1n) is 10.1. The second kappa shape index (κ2) is 9.40. The number of fused-ring (bicyclic) bond motifs is 1. The molecule has 0 bridgehead atoms. The number of carbonyl (C=O) groups is 2. The molecule has 0 aliphatic carbocycles. The van der Waals surface area contributed by atoms with Crippen LogP contribution in [-0.4, -0.2) is 59.1 Å². The zero-order valence-corrected chi connectivity index (χ0v) is 17.8. The molecule has 4 rings (SSSR count). The van der Waals surface area contributed by atoms with Crippen LogP contribution in [0, 0.1) is 0 Å². The van der Waals surface area contributed by atoms with Gasteiger partial charge in [0.25, 0.3) is 0 Å². The normalized spacial score (nSPS) is 16.1. The van der Waals surface area contributed by atoms with E-state index in [0.29, 0.717) is 13.1 Å². The van der Waals surface area contributed by atoms with Gasteiger partial charge in [-0.15, -0.1) is 11.3 Å². The molecule has 0 saturated carbocycles. The fraction of sp³-hybridized carbons (Fsp3) is 0.409. The molecule has 8 heteroatoms. The Hall–Kier alpha value is -2.71. The molecule has 158 valence electrons. The molecule has 1 unspecified atom stereocenters. The lowest BCUT2D eigenvalue weighted by molar-refractivity contribution is -0.142. The third kappa shape index (κ3) is 4.71. The van der Waals surface area contributed by atoms with Crippen molar-refractivity contribution in [3.8, 4) is 11.3 Å². The van der Waals surface area contributed by atoms with Crippen LogP contribution in [0.2, 0.25) is 0 Å². The van der Waals surface area contributed by atoms with Crippen molar-refractivity contribution in [2.75, 3.05) is 26.8 Å². The first-order chi connectivity index (χ1) is 14.6. The number of imidazole rings is 1. The molecule has 0 spiro atoms. The fourth-order valence-electron chi connectivity index (χ4n) is 3.65. The highest BCUT2D eigenvalue weighted by atomic mass is 32.1. The first kappa shape index (κ1) is 20.6. The Bertz CT molecular complexity index is 1010. The molecule has 0 radical (unpaired) electrons. The van der Waals surface area contributed by atoms with Crippen LogP contribution >= 0.6 is 11.3 Å². The molecule has 0 N–H and O–H groups in total. The molecular formula is C22H25N3O4S. The minimum atomic E-state index is -0.319. The molecule has 1 fully saturated rings. The molecule has 30 heavy (non-hydrogen) atoms. The maximum Gasteiger partial charge on any atom is 0.307 e. The number of amides is 1. The third-order valence-electron chi connectivity index (χ3n) is 5.30. The zero-order chi connectivity index (χ0) is 20.9. The predicted molar refractivity (Wildman–Crippen MR) is 114 cm³/mol. The van der Waals surface area contributed by atoms with E-state index in [1.54, 1.807) is 4.90 Å². The van der Waals surface area contributed by atoms with Crippen molar-refractivity contribution in [1.82, 2.24) is 14.3 Å². The minimum Gasteiger partial charge on any atom is -0.469 e. The van der Waals surface area contributed by atoms with Gasteiger partial charge in [-0.2, -0.15) is 0 Å². The van der Waals surface area contributed by atoms with Gasteiger partial charge in [0.15, 0.2) is 4.96 Å². The van der Waals surface area contributed by atoms with Crippen molar-refractivity contribution in [2.45, 2.75) is 31.8 Å². The lowest BCUT2D eigenvalue weighted by Crippen LogP contribution is -2.39. The van der Waals surface area contributed by atoms with Crippen molar-refractivity contribution >= 4 is 28.2 Å². The van der Waals surface area contributed by atoms with Gasteiger partial charge < -0.3 is 14.4 Å². The highest BCUT2D eigenvalue weighted by Crippen LogP contribution is 2.24. The summed E-state index contributed by atoms with van der Waals surface area (Å²) in [6.45, 7) is 1.56. The van der Waals surface area contributed by atoms with Gasteiger partial charge in [0.05, 0.1) is 31.7 Å². The standard InChI is InChI=1S/C22H25N3O4S/c1-28-21(27)9-10-24(13-18-8-5-11-29-18)20(26)12-17-15-30-22-23-19(14-25(17)22)16-6-3-2-4-7-16/h2-4,6-7,14-15,18H,5,8-13H2,1H3. The molecule has 1 aliphatic rings. The van der Waals surface area contributed by atoms with Gasteiger partial charge in [-0.3, -0.25) is 14.0 Å². The molecule has 1 amide bonds. The van der Waals surface area contributed by atoms with E-state index in [9.17, 15) is 9.59 Å². The molecular weight excluding hydrogens is 402 g/mol. The van der Waals surface area contributed by atoms with Gasteiger partial charge in [0, 0.05) is 42.5 Å². The van der Waals surface area contributed by atoms with E-state index in [0.717, 1.165) is 41.4 Å². The summed E-state index contributed by atoms with van der Waals surface area (Å²) in [5.74, 6) is -0.343. The third-order valence-corrected chi connectivity index (χ3v) is 6.19. The largest absolute Gasteiger partial charge is 0.469 e. The van der Waals surface area contributed by atoms with Crippen LogP contribution in [-0.2, 0) is 25.5 Å². The molecule has 3 heterocycles. The van der Waals surface area contributed by atoms with Crippen LogP contribution in [0.5, 0.6) is 0 Å². The van der Waals surface area contributed by atoms with Gasteiger partial charge >= 0.3 is 5.97 Å². The molecule has 7 nitrogen and oxygen atoms in total. The van der Waals surface area contributed by atoms with E-state index < -0.39 is 0 Å². The molecule has 1 atom stereocenters. The minimum absolute atomic E-state index is 0.0240. The first-order valence-corrected chi connectivity index (χ1v) is 11.0. The number of rotatable bonds is 8. The second-order valence-electron chi connectivity index (χ2n) is 7.35. The van der Waals surface area contributed by atoms with E-state index in [1.807, 2.05) is 46.3 Å². The Balaban J connectivity index is 1.49. The van der Waals surface area contributed by atoms with Gasteiger partial charge in [0.2, 0.25) is 5.91 Å². The monoisotopic (exact) mass is 427 g/mol. The van der Waals surface area contributed by atoms with Crippen molar-refractivity contribution in [3.63, 3.8) is 0 Å². The van der Waals surface area contributed by atoms with Gasteiger partial charge in [0.1, 0.15) is 0 Å². The van der Waals surface area contributed by atoms with E-state index >= 15 is 0 Å². The number of methoxy groups -OCH3 is 1. The number of carbonyl (C=O) groups excluding carboxylic acids is 2. The van der Waals surface area contributed by atoms with E-state index in [1.165, 1.54) is 18.4 Å². The summed E-state index contributed by atoms with van der Waals surface area (Å²) in [6.07, 6.45) is 4.38. The SMILES string of the molecule is COC(=O)CCN(CC1CCCO1)C(=O)Cc1csc2nc(-c3ccccc3)cn12. The van der Waals surface area contributed by atoms with Crippen molar-refractivity contribution in [3.05, 3.63) is 47.6 Å². The number of benzene rings is 1. The van der Waals surface area contributed by atoms with Gasteiger partial charge in [-0.05, 0) is 12.8 Å². The summed E-state index contributed by atoms with van der Waals surface area (Å²) in [6, 6.07) is 9.98. The van der Waals surface area contributed by atoms with E-state index in [-0.39, 0.29) is 30.8 Å². The van der Waals surface area contributed by atoms with E-state index in [2.05, 4.69) is 4.98 Å². The molecule has 1 aliphatic heterocycles. The lowest BCUT2D eigenvalue weighted by Gasteiger charge is -2.25. The van der Waals surface area contributed by atoms with Crippen LogP contribution in [0.25, 0.3) is 16.2 Å². The van der Waals surface area contributed by atoms with Gasteiger partial charge in [-0.1, -0.05) is 30.3 Å². The number of aromatic nitrogens is 2. The van der Waals surface area contributed by atoms with Crippen molar-refractivity contribution in [2.24, 2.45) is 0 Å². The number of thiazole rings is 1. The van der Waals surface area contributed by atoms with Crippen molar-refractivity contribution in [1.29, 1.82) is 0 Å². The van der Waals surface area contributed by atoms with Crippen LogP contribution in [0.4, 0.5) is 0 Å². The maximum absolute atomic E-state index is 13.1. The van der Waals surface area contributed by atoms with Crippen LogP contribution in [0.1, 0.15) is 25.0 Å². The van der Waals surface area contributed by atoms with E-state index in [4.69, 9.17) is 9.47 Å². The number of hydrogen-bond acceptors (Lipinski definition) is 6. The smallest absolute Gasteiger partial charge is 0.307 e. The summed E-state index contributed by atoms with van der Waals surface area (Å²) < 4.78 is 12.4.